The van der Waals surface area contributed by atoms with Crippen LogP contribution in [0, 0.1) is 11.3 Å². The first-order valence-electron chi connectivity index (χ1n) is 5.64. The minimum Gasteiger partial charge on any atom is -0.394 e. The molecular formula is C11H13ClN4O4. The fourth-order valence-electron chi connectivity index (χ4n) is 2.07. The van der Waals surface area contributed by atoms with Gasteiger partial charge >= 0.3 is 5.69 Å². The largest absolute Gasteiger partial charge is 0.394 e. The Bertz CT molecular complexity index is 625. The van der Waals surface area contributed by atoms with Crippen LogP contribution in [0.25, 0.3) is 0 Å². The van der Waals surface area contributed by atoms with Crippen LogP contribution in [0.15, 0.2) is 17.1 Å². The van der Waals surface area contributed by atoms with Crippen molar-refractivity contribution in [3.8, 4) is 11.3 Å². The summed E-state index contributed by atoms with van der Waals surface area (Å²) in [6.07, 6.45) is -2.15. The summed E-state index contributed by atoms with van der Waals surface area (Å²) in [7, 11) is 0. The number of hydrogen-bond acceptors (Lipinski definition) is 7. The molecule has 20 heavy (non-hydrogen) atoms. The minimum absolute atomic E-state index is 0.0366. The highest BCUT2D eigenvalue weighted by Gasteiger charge is 2.54. The molecule has 8 nitrogen and oxygen atoms in total. The van der Waals surface area contributed by atoms with Crippen LogP contribution in [-0.4, -0.2) is 44.1 Å². The third-order valence-electron chi connectivity index (χ3n) is 3.10. The first-order chi connectivity index (χ1) is 9.43. The van der Waals surface area contributed by atoms with Gasteiger partial charge < -0.3 is 26.4 Å². The first kappa shape index (κ1) is 14.8. The van der Waals surface area contributed by atoms with Crippen molar-refractivity contribution >= 4 is 17.4 Å². The van der Waals surface area contributed by atoms with Crippen LogP contribution in [0.2, 0.25) is 0 Å². The summed E-state index contributed by atoms with van der Waals surface area (Å²) < 4.78 is 6.43. The molecule has 0 aromatic carbocycles. The molecule has 1 aromatic heterocycles. The van der Waals surface area contributed by atoms with Crippen LogP contribution in [0.1, 0.15) is 6.23 Å². The van der Waals surface area contributed by atoms with Crippen LogP contribution in [0.3, 0.4) is 0 Å². The number of aliphatic hydroxyl groups is 2. The van der Waals surface area contributed by atoms with E-state index >= 15 is 0 Å². The van der Waals surface area contributed by atoms with Gasteiger partial charge in [-0.05, 0) is 17.7 Å². The average Bonchev–Trinajstić information content (AvgIpc) is 2.63. The second-order valence-electron chi connectivity index (χ2n) is 4.35. The van der Waals surface area contributed by atoms with Crippen molar-refractivity contribution in [3.63, 3.8) is 0 Å². The molecule has 108 valence electrons. The van der Waals surface area contributed by atoms with E-state index in [-0.39, 0.29) is 5.82 Å². The zero-order valence-electron chi connectivity index (χ0n) is 10.2. The number of hydrogen-bond donors (Lipinski definition) is 4. The van der Waals surface area contributed by atoms with Crippen molar-refractivity contribution in [3.05, 3.63) is 22.7 Å². The van der Waals surface area contributed by atoms with Gasteiger partial charge in [-0.15, -0.1) is 0 Å². The van der Waals surface area contributed by atoms with Crippen molar-refractivity contribution in [1.29, 1.82) is 0 Å². The number of aliphatic hydroxyl groups excluding tert-OH is 2. The Kier molecular flexibility index (Phi) is 3.99. The van der Waals surface area contributed by atoms with Crippen LogP contribution in [0.4, 0.5) is 5.82 Å². The monoisotopic (exact) mass is 300 g/mol. The van der Waals surface area contributed by atoms with Gasteiger partial charge in [-0.2, -0.15) is 4.98 Å². The molecule has 2 rings (SSSR count). The van der Waals surface area contributed by atoms with Gasteiger partial charge in [-0.3, -0.25) is 4.57 Å². The Morgan fingerprint density at radius 1 is 1.65 bits per heavy atom. The molecule has 0 aliphatic carbocycles. The van der Waals surface area contributed by atoms with Gasteiger partial charge in [0.15, 0.2) is 11.8 Å². The number of halogens is 1. The van der Waals surface area contributed by atoms with E-state index in [1.54, 1.807) is 0 Å². The summed E-state index contributed by atoms with van der Waals surface area (Å²) in [5, 5.41) is 21.3. The first-order valence-corrected chi connectivity index (χ1v) is 6.02. The number of aromatic nitrogens is 2. The molecule has 0 amide bonds. The molecule has 2 unspecified atom stereocenters. The van der Waals surface area contributed by atoms with Crippen LogP contribution < -0.4 is 17.2 Å². The average molecular weight is 301 g/mol. The summed E-state index contributed by atoms with van der Waals surface area (Å²) in [4.78, 5) is 15.4. The van der Waals surface area contributed by atoms with E-state index < -0.39 is 36.3 Å². The predicted molar refractivity (Wildman–Crippen MR) is 70.5 cm³/mol. The Morgan fingerprint density at radius 2 is 2.35 bits per heavy atom. The number of rotatable bonds is 2. The van der Waals surface area contributed by atoms with Gasteiger partial charge in [0.25, 0.3) is 0 Å². The summed E-state index contributed by atoms with van der Waals surface area (Å²) in [6.45, 7) is -0.488. The molecule has 1 fully saturated rings. The van der Waals surface area contributed by atoms with Gasteiger partial charge in [-0.1, -0.05) is 5.92 Å². The molecule has 2 heterocycles. The molecule has 0 radical (unpaired) electrons. The van der Waals surface area contributed by atoms with Crippen molar-refractivity contribution in [1.82, 2.24) is 9.55 Å². The van der Waals surface area contributed by atoms with Gasteiger partial charge in [-0.25, -0.2) is 4.79 Å². The zero-order valence-corrected chi connectivity index (χ0v) is 11.0. The Balaban J connectivity index is 2.52. The van der Waals surface area contributed by atoms with E-state index in [2.05, 4.69) is 16.3 Å². The number of ether oxygens (including phenoxy) is 1. The van der Waals surface area contributed by atoms with Crippen molar-refractivity contribution < 1.29 is 14.9 Å². The lowest BCUT2D eigenvalue weighted by molar-refractivity contribution is -0.0476. The van der Waals surface area contributed by atoms with E-state index in [0.717, 1.165) is 4.57 Å². The maximum absolute atomic E-state index is 11.8. The maximum atomic E-state index is 11.8. The third kappa shape index (κ3) is 2.26. The van der Waals surface area contributed by atoms with E-state index in [0.29, 0.717) is 0 Å². The maximum Gasteiger partial charge on any atom is 0.351 e. The number of nitrogen functional groups attached to an aromatic ring is 1. The normalized spacial score (nSPS) is 32.7. The zero-order chi connectivity index (χ0) is 14.9. The third-order valence-corrected chi connectivity index (χ3v) is 3.20. The topological polar surface area (TPSA) is 137 Å². The summed E-state index contributed by atoms with van der Waals surface area (Å²) >= 11 is 5.35. The fraction of sp³-hybridized carbons (Fsp3) is 0.455. The Hall–Kier alpha value is -1.63. The van der Waals surface area contributed by atoms with Gasteiger partial charge in [0.2, 0.25) is 0 Å². The highest BCUT2D eigenvalue weighted by atomic mass is 35.5. The van der Waals surface area contributed by atoms with Gasteiger partial charge in [0, 0.05) is 11.6 Å². The SMILES string of the molecule is Nc1ccn([C@@H]2O[C@H](CO)C(O)C2(N)C#CCl)c(=O)n1. The molecule has 9 heteroatoms. The standard InChI is InChI=1S/C11H13ClN4O4/c12-3-2-11(14)8(18)6(5-17)20-9(11)16-4-1-7(13)15-10(16)19/h1,4,6,8-9,17-18H,5,14H2,(H2,13,15,19)/t6-,8?,9-,11?/m1/s1. The van der Waals surface area contributed by atoms with Gasteiger partial charge in [0.1, 0.15) is 18.0 Å². The van der Waals surface area contributed by atoms with E-state index in [9.17, 15) is 15.0 Å². The van der Waals surface area contributed by atoms with Crippen LogP contribution in [-0.2, 0) is 4.74 Å². The number of anilines is 1. The molecule has 0 bridgehead atoms. The lowest BCUT2D eigenvalue weighted by Crippen LogP contribution is -2.54. The Morgan fingerprint density at radius 3 is 2.90 bits per heavy atom. The molecule has 0 spiro atoms. The molecule has 1 aromatic rings. The number of nitrogens with two attached hydrogens (primary N) is 2. The second kappa shape index (κ2) is 5.40. The minimum atomic E-state index is -1.66. The molecule has 0 saturated carbocycles. The Labute approximate surface area is 118 Å². The lowest BCUT2D eigenvalue weighted by Gasteiger charge is -2.27. The van der Waals surface area contributed by atoms with Gasteiger partial charge in [0.05, 0.1) is 6.61 Å². The highest BCUT2D eigenvalue weighted by Crippen LogP contribution is 2.35. The molecule has 6 N–H and O–H groups in total. The number of nitrogens with zero attached hydrogens (tertiary/aromatic N) is 2. The molecule has 4 atom stereocenters. The molecule has 1 saturated heterocycles. The van der Waals surface area contributed by atoms with Crippen LogP contribution >= 0.6 is 11.6 Å². The predicted octanol–water partition coefficient (Wildman–Crippen LogP) is -2.03. The fourth-order valence-corrected chi connectivity index (χ4v) is 2.23. The summed E-state index contributed by atoms with van der Waals surface area (Å²) in [6, 6.07) is 1.37. The quantitative estimate of drug-likeness (QED) is 0.462. The lowest BCUT2D eigenvalue weighted by atomic mass is 9.92. The van der Waals surface area contributed by atoms with Crippen molar-refractivity contribution in [2.75, 3.05) is 12.3 Å². The van der Waals surface area contributed by atoms with E-state index in [4.69, 9.17) is 27.8 Å². The molecular weight excluding hydrogens is 288 g/mol. The van der Waals surface area contributed by atoms with Crippen molar-refractivity contribution in [2.24, 2.45) is 5.73 Å². The molecule has 1 aliphatic heterocycles. The highest BCUT2D eigenvalue weighted by molar-refractivity contribution is 6.30. The second-order valence-corrected chi connectivity index (χ2v) is 4.54. The van der Waals surface area contributed by atoms with E-state index in [1.807, 2.05) is 0 Å². The smallest absolute Gasteiger partial charge is 0.351 e. The van der Waals surface area contributed by atoms with E-state index in [1.165, 1.54) is 12.3 Å². The van der Waals surface area contributed by atoms with Crippen LogP contribution in [0.5, 0.6) is 0 Å². The molecule has 1 aliphatic rings. The summed E-state index contributed by atoms with van der Waals surface area (Å²) in [5.74, 6) is 2.45. The van der Waals surface area contributed by atoms with Crippen molar-refractivity contribution in [2.45, 2.75) is 24.0 Å². The summed E-state index contributed by atoms with van der Waals surface area (Å²) in [5.41, 5.74) is 9.03.